The molecule has 0 unspecified atom stereocenters. The number of carbonyl (C=O) groups is 1. The van der Waals surface area contributed by atoms with Crippen LogP contribution in [0.2, 0.25) is 0 Å². The van der Waals surface area contributed by atoms with E-state index in [0.29, 0.717) is 19.4 Å². The minimum atomic E-state index is -0.852. The van der Waals surface area contributed by atoms with E-state index in [1.54, 1.807) is 0 Å². The molecule has 0 aliphatic heterocycles. The van der Waals surface area contributed by atoms with Crippen LogP contribution in [0.25, 0.3) is 11.1 Å². The first-order valence-corrected chi connectivity index (χ1v) is 9.89. The van der Waals surface area contributed by atoms with Crippen molar-refractivity contribution in [2.75, 3.05) is 13.2 Å². The molecule has 3 rings (SSSR count). The van der Waals surface area contributed by atoms with Crippen LogP contribution >= 0.6 is 0 Å². The fraction of sp³-hybridized carbons (Fsp3) is 0.435. The van der Waals surface area contributed by atoms with E-state index in [1.165, 1.54) is 22.3 Å². The second-order valence-electron chi connectivity index (χ2n) is 7.40. The maximum atomic E-state index is 12.2. The summed E-state index contributed by atoms with van der Waals surface area (Å²) in [6.07, 6.45) is 2.63. The summed E-state index contributed by atoms with van der Waals surface area (Å²) in [6, 6.07) is 16.5. The number of benzene rings is 2. The number of carbonyl (C=O) groups excluding carboxylic acids is 1. The molecule has 2 N–H and O–H groups in total. The van der Waals surface area contributed by atoms with Crippen LogP contribution in [0.15, 0.2) is 48.5 Å². The third kappa shape index (κ3) is 4.33. The molecule has 0 spiro atoms. The molecule has 0 bridgehead atoms. The summed E-state index contributed by atoms with van der Waals surface area (Å²) in [5, 5.41) is 13.4. The number of ether oxygens (including phenoxy) is 1. The first-order valence-electron chi connectivity index (χ1n) is 9.89. The zero-order valence-corrected chi connectivity index (χ0v) is 16.2. The highest BCUT2D eigenvalue weighted by molar-refractivity contribution is 5.79. The smallest absolute Gasteiger partial charge is 0.407 e. The number of aliphatic hydroxyl groups is 1. The molecule has 1 amide bonds. The van der Waals surface area contributed by atoms with Crippen LogP contribution in [0.5, 0.6) is 0 Å². The molecule has 0 saturated heterocycles. The zero-order chi connectivity index (χ0) is 19.3. The Labute approximate surface area is 161 Å². The summed E-state index contributed by atoms with van der Waals surface area (Å²) in [7, 11) is 0. The lowest BCUT2D eigenvalue weighted by Crippen LogP contribution is -2.43. The van der Waals surface area contributed by atoms with Crippen LogP contribution in [0.3, 0.4) is 0 Å². The summed E-state index contributed by atoms with van der Waals surface area (Å²) >= 11 is 0. The largest absolute Gasteiger partial charge is 0.449 e. The van der Waals surface area contributed by atoms with E-state index in [2.05, 4.69) is 29.6 Å². The number of hydrogen-bond donors (Lipinski definition) is 2. The van der Waals surface area contributed by atoms with Crippen molar-refractivity contribution in [2.24, 2.45) is 0 Å². The van der Waals surface area contributed by atoms with Gasteiger partial charge in [0.15, 0.2) is 0 Å². The molecule has 4 heteroatoms. The van der Waals surface area contributed by atoms with Crippen molar-refractivity contribution in [3.05, 3.63) is 59.7 Å². The first kappa shape index (κ1) is 19.4. The van der Waals surface area contributed by atoms with E-state index >= 15 is 0 Å². The lowest BCUT2D eigenvalue weighted by Gasteiger charge is -2.27. The fourth-order valence-electron chi connectivity index (χ4n) is 4.12. The van der Waals surface area contributed by atoms with Crippen molar-refractivity contribution in [1.82, 2.24) is 5.32 Å². The molecule has 0 fully saturated rings. The monoisotopic (exact) mass is 367 g/mol. The maximum absolute atomic E-state index is 12.2. The van der Waals surface area contributed by atoms with Gasteiger partial charge in [0.05, 0.1) is 5.60 Å². The topological polar surface area (TPSA) is 58.6 Å². The molecular weight excluding hydrogens is 338 g/mol. The molecule has 4 nitrogen and oxygen atoms in total. The minimum absolute atomic E-state index is 0.0494. The molecule has 0 saturated carbocycles. The fourth-order valence-corrected chi connectivity index (χ4v) is 4.12. The second-order valence-corrected chi connectivity index (χ2v) is 7.40. The van der Waals surface area contributed by atoms with Crippen LogP contribution in [-0.4, -0.2) is 30.0 Å². The van der Waals surface area contributed by atoms with Crippen LogP contribution in [0.1, 0.15) is 56.6 Å². The number of fused-ring (bicyclic) bond motifs is 3. The molecule has 2 aromatic carbocycles. The average molecular weight is 367 g/mol. The minimum Gasteiger partial charge on any atom is -0.449 e. The Morgan fingerprint density at radius 2 is 1.52 bits per heavy atom. The molecular formula is C23H29NO3. The van der Waals surface area contributed by atoms with Gasteiger partial charge in [0.2, 0.25) is 0 Å². The van der Waals surface area contributed by atoms with Gasteiger partial charge in [-0.05, 0) is 35.1 Å². The predicted octanol–water partition coefficient (Wildman–Crippen LogP) is 4.86. The van der Waals surface area contributed by atoms with Crippen LogP contribution < -0.4 is 5.32 Å². The van der Waals surface area contributed by atoms with Crippen molar-refractivity contribution in [1.29, 1.82) is 0 Å². The van der Waals surface area contributed by atoms with Crippen molar-refractivity contribution >= 4 is 6.09 Å². The lowest BCUT2D eigenvalue weighted by atomic mass is 9.93. The van der Waals surface area contributed by atoms with Crippen LogP contribution in [-0.2, 0) is 4.74 Å². The number of hydrogen-bond acceptors (Lipinski definition) is 3. The standard InChI is InChI=1S/C23H29NO3/c1-3-13-23(26,14-4-2)16-24-22(25)27-15-21-19-11-7-5-9-17(19)18-10-6-8-12-20(18)21/h5-12,21,26H,3-4,13-16H2,1-2H3,(H,24,25). The second kappa shape index (κ2) is 8.57. The number of rotatable bonds is 8. The number of amides is 1. The van der Waals surface area contributed by atoms with Crippen LogP contribution in [0, 0.1) is 0 Å². The highest BCUT2D eigenvalue weighted by Crippen LogP contribution is 2.44. The number of nitrogens with one attached hydrogen (secondary N) is 1. The van der Waals surface area contributed by atoms with Gasteiger partial charge in [-0.2, -0.15) is 0 Å². The van der Waals surface area contributed by atoms with Gasteiger partial charge in [0.25, 0.3) is 0 Å². The Morgan fingerprint density at radius 1 is 1.00 bits per heavy atom. The van der Waals surface area contributed by atoms with Gasteiger partial charge in [-0.15, -0.1) is 0 Å². The molecule has 1 aliphatic carbocycles. The molecule has 144 valence electrons. The quantitative estimate of drug-likeness (QED) is 0.701. The molecule has 0 radical (unpaired) electrons. The third-order valence-corrected chi connectivity index (χ3v) is 5.34. The summed E-state index contributed by atoms with van der Waals surface area (Å²) in [6.45, 7) is 4.59. The van der Waals surface area contributed by atoms with E-state index in [0.717, 1.165) is 12.8 Å². The Hall–Kier alpha value is -2.33. The van der Waals surface area contributed by atoms with Gasteiger partial charge >= 0.3 is 6.09 Å². The van der Waals surface area contributed by atoms with Crippen molar-refractivity contribution < 1.29 is 14.6 Å². The van der Waals surface area contributed by atoms with Gasteiger partial charge in [0, 0.05) is 12.5 Å². The lowest BCUT2D eigenvalue weighted by molar-refractivity contribution is 0.0205. The molecule has 0 heterocycles. The molecule has 0 aromatic heterocycles. The number of alkyl carbamates (subject to hydrolysis) is 1. The predicted molar refractivity (Wildman–Crippen MR) is 108 cm³/mol. The van der Waals surface area contributed by atoms with E-state index in [1.807, 2.05) is 38.1 Å². The van der Waals surface area contributed by atoms with E-state index < -0.39 is 11.7 Å². The zero-order valence-electron chi connectivity index (χ0n) is 16.2. The van der Waals surface area contributed by atoms with Crippen molar-refractivity contribution in [2.45, 2.75) is 51.0 Å². The summed E-state index contributed by atoms with van der Waals surface area (Å²) in [5.74, 6) is 0.0494. The molecule has 2 aromatic rings. The normalized spacial score (nSPS) is 13.1. The van der Waals surface area contributed by atoms with E-state index in [4.69, 9.17) is 4.74 Å². The van der Waals surface area contributed by atoms with Gasteiger partial charge in [0.1, 0.15) is 6.61 Å². The molecule has 0 atom stereocenters. The first-order chi connectivity index (χ1) is 13.1. The highest BCUT2D eigenvalue weighted by atomic mass is 16.5. The third-order valence-electron chi connectivity index (χ3n) is 5.34. The SMILES string of the molecule is CCCC(O)(CCC)CNC(=O)OCC1c2ccccc2-c2ccccc21. The highest BCUT2D eigenvalue weighted by Gasteiger charge is 2.30. The molecule has 27 heavy (non-hydrogen) atoms. The Morgan fingerprint density at radius 3 is 2.04 bits per heavy atom. The van der Waals surface area contributed by atoms with E-state index in [9.17, 15) is 9.90 Å². The van der Waals surface area contributed by atoms with Crippen LogP contribution in [0.4, 0.5) is 4.79 Å². The van der Waals surface area contributed by atoms with Gasteiger partial charge in [-0.3, -0.25) is 0 Å². The summed E-state index contributed by atoms with van der Waals surface area (Å²) in [4.78, 5) is 12.2. The summed E-state index contributed by atoms with van der Waals surface area (Å²) in [5.41, 5.74) is 3.96. The van der Waals surface area contributed by atoms with Gasteiger partial charge in [-0.25, -0.2) is 4.79 Å². The van der Waals surface area contributed by atoms with Gasteiger partial charge in [-0.1, -0.05) is 75.2 Å². The van der Waals surface area contributed by atoms with Crippen molar-refractivity contribution in [3.63, 3.8) is 0 Å². The Balaban J connectivity index is 1.62. The maximum Gasteiger partial charge on any atom is 0.407 e. The van der Waals surface area contributed by atoms with E-state index in [-0.39, 0.29) is 12.5 Å². The van der Waals surface area contributed by atoms with Gasteiger partial charge < -0.3 is 15.2 Å². The Kier molecular flexibility index (Phi) is 6.17. The average Bonchev–Trinajstić information content (AvgIpc) is 2.99. The molecule has 1 aliphatic rings. The summed E-state index contributed by atoms with van der Waals surface area (Å²) < 4.78 is 5.53. The Bertz CT molecular complexity index is 735. The van der Waals surface area contributed by atoms with Crippen molar-refractivity contribution in [3.8, 4) is 11.1 Å².